The number of nitro groups is 1. The standard InChI is InChI=1S/C19H14BrN3O5S/c1-28-18(25)11-22-15-7-6-13(20)10-16(15)29-19(22)21-17(24)8-5-12-3-2-4-14(9-12)23(26)27/h2-10H,11H2,1H3/b8-5+,21-19?. The minimum atomic E-state index is -0.555. The van der Waals surface area contributed by atoms with E-state index in [1.807, 2.05) is 18.2 Å². The molecule has 0 unspecified atom stereocenters. The zero-order valence-corrected chi connectivity index (χ0v) is 17.5. The monoisotopic (exact) mass is 475 g/mol. The van der Waals surface area contributed by atoms with E-state index < -0.39 is 16.8 Å². The van der Waals surface area contributed by atoms with Crippen molar-refractivity contribution in [3.05, 3.63) is 73.5 Å². The minimum Gasteiger partial charge on any atom is -0.468 e. The van der Waals surface area contributed by atoms with Crippen molar-refractivity contribution in [3.63, 3.8) is 0 Å². The Kier molecular flexibility index (Phi) is 6.35. The maximum atomic E-state index is 12.3. The van der Waals surface area contributed by atoms with E-state index in [0.29, 0.717) is 10.4 Å². The van der Waals surface area contributed by atoms with Crippen LogP contribution >= 0.6 is 27.3 Å². The Labute approximate surface area is 177 Å². The van der Waals surface area contributed by atoms with Crippen LogP contribution in [-0.4, -0.2) is 28.5 Å². The number of nitrogens with zero attached hydrogens (tertiary/aromatic N) is 3. The molecular formula is C19H14BrN3O5S. The normalized spacial score (nSPS) is 11.9. The summed E-state index contributed by atoms with van der Waals surface area (Å²) in [5.74, 6) is -1.02. The van der Waals surface area contributed by atoms with Crippen LogP contribution in [0.1, 0.15) is 5.56 Å². The molecule has 0 saturated carbocycles. The van der Waals surface area contributed by atoms with Crippen LogP contribution in [0.5, 0.6) is 0 Å². The van der Waals surface area contributed by atoms with Gasteiger partial charge in [-0.05, 0) is 29.8 Å². The number of rotatable bonds is 5. The number of benzene rings is 2. The molecule has 3 aromatic rings. The smallest absolute Gasteiger partial charge is 0.325 e. The molecule has 1 heterocycles. The number of methoxy groups -OCH3 is 1. The number of carbonyl (C=O) groups excluding carboxylic acids is 2. The molecule has 29 heavy (non-hydrogen) atoms. The molecule has 0 saturated heterocycles. The molecule has 0 aliphatic carbocycles. The van der Waals surface area contributed by atoms with E-state index >= 15 is 0 Å². The van der Waals surface area contributed by atoms with E-state index in [0.717, 1.165) is 14.7 Å². The summed E-state index contributed by atoms with van der Waals surface area (Å²) in [6.45, 7) is -0.0845. The lowest BCUT2D eigenvalue weighted by Gasteiger charge is -2.03. The molecule has 0 spiro atoms. The average molecular weight is 476 g/mol. The van der Waals surface area contributed by atoms with E-state index in [2.05, 4.69) is 20.9 Å². The van der Waals surface area contributed by atoms with Gasteiger partial charge in [0.15, 0.2) is 4.80 Å². The van der Waals surface area contributed by atoms with E-state index in [1.54, 1.807) is 10.6 Å². The molecule has 1 aromatic heterocycles. The number of aromatic nitrogens is 1. The molecule has 0 radical (unpaired) electrons. The number of halogens is 1. The highest BCUT2D eigenvalue weighted by atomic mass is 79.9. The first-order chi connectivity index (χ1) is 13.9. The molecule has 0 aliphatic rings. The molecule has 0 aliphatic heterocycles. The van der Waals surface area contributed by atoms with Crippen molar-refractivity contribution in [1.82, 2.24) is 4.57 Å². The van der Waals surface area contributed by atoms with Crippen molar-refractivity contribution in [2.75, 3.05) is 7.11 Å². The molecule has 1 amide bonds. The Balaban J connectivity index is 1.97. The highest BCUT2D eigenvalue weighted by Gasteiger charge is 2.11. The number of nitro benzene ring substituents is 1. The van der Waals surface area contributed by atoms with E-state index in [1.165, 1.54) is 48.8 Å². The van der Waals surface area contributed by atoms with E-state index in [4.69, 9.17) is 4.74 Å². The highest BCUT2D eigenvalue weighted by Crippen LogP contribution is 2.22. The third-order valence-electron chi connectivity index (χ3n) is 3.86. The summed E-state index contributed by atoms with van der Waals surface area (Å²) in [6.07, 6.45) is 2.68. The van der Waals surface area contributed by atoms with Crippen LogP contribution in [0.2, 0.25) is 0 Å². The summed E-state index contributed by atoms with van der Waals surface area (Å²) in [4.78, 5) is 38.9. The third-order valence-corrected chi connectivity index (χ3v) is 5.40. The predicted octanol–water partition coefficient (Wildman–Crippen LogP) is 3.69. The molecule has 148 valence electrons. The van der Waals surface area contributed by atoms with Gasteiger partial charge in [-0.2, -0.15) is 4.99 Å². The predicted molar refractivity (Wildman–Crippen MR) is 112 cm³/mol. The number of ether oxygens (including phenoxy) is 1. The molecule has 10 heteroatoms. The molecule has 0 N–H and O–H groups in total. The fraction of sp³-hybridized carbons (Fsp3) is 0.105. The summed E-state index contributed by atoms with van der Waals surface area (Å²) in [6, 6.07) is 11.4. The SMILES string of the molecule is COC(=O)Cn1c(=NC(=O)/C=C/c2cccc([N+](=O)[O-])c2)sc2cc(Br)ccc21. The minimum absolute atomic E-state index is 0.0671. The Bertz CT molecular complexity index is 1210. The lowest BCUT2D eigenvalue weighted by Crippen LogP contribution is -2.22. The Morgan fingerprint density at radius 1 is 1.31 bits per heavy atom. The zero-order chi connectivity index (χ0) is 21.0. The van der Waals surface area contributed by atoms with Gasteiger partial charge in [0.2, 0.25) is 0 Å². The number of non-ortho nitro benzene ring substituents is 1. The lowest BCUT2D eigenvalue weighted by atomic mass is 10.2. The Morgan fingerprint density at radius 3 is 2.83 bits per heavy atom. The first-order valence-electron chi connectivity index (χ1n) is 8.24. The molecule has 2 aromatic carbocycles. The number of carbonyl (C=O) groups is 2. The number of hydrogen-bond donors (Lipinski definition) is 0. The van der Waals surface area contributed by atoms with Gasteiger partial charge < -0.3 is 9.30 Å². The number of amides is 1. The Morgan fingerprint density at radius 2 is 2.10 bits per heavy atom. The van der Waals surface area contributed by atoms with Gasteiger partial charge in [0, 0.05) is 22.7 Å². The summed E-state index contributed by atoms with van der Waals surface area (Å²) in [5, 5.41) is 10.8. The van der Waals surface area contributed by atoms with Crippen LogP contribution < -0.4 is 4.80 Å². The van der Waals surface area contributed by atoms with Gasteiger partial charge in [-0.3, -0.25) is 19.7 Å². The fourth-order valence-corrected chi connectivity index (χ4v) is 4.11. The maximum absolute atomic E-state index is 12.3. The second-order valence-corrected chi connectivity index (χ2v) is 7.72. The van der Waals surface area contributed by atoms with Crippen molar-refractivity contribution >= 4 is 61.1 Å². The van der Waals surface area contributed by atoms with Gasteiger partial charge in [0.05, 0.1) is 22.2 Å². The summed E-state index contributed by atoms with van der Waals surface area (Å²) >= 11 is 4.66. The molecule has 0 fully saturated rings. The van der Waals surface area contributed by atoms with Gasteiger partial charge in [0.1, 0.15) is 6.54 Å². The second-order valence-electron chi connectivity index (χ2n) is 5.79. The second kappa shape index (κ2) is 8.93. The van der Waals surface area contributed by atoms with Gasteiger partial charge in [-0.15, -0.1) is 0 Å². The summed E-state index contributed by atoms with van der Waals surface area (Å²) in [7, 11) is 1.29. The van der Waals surface area contributed by atoms with Crippen molar-refractivity contribution in [1.29, 1.82) is 0 Å². The summed E-state index contributed by atoms with van der Waals surface area (Å²) in [5.41, 5.74) is 1.19. The van der Waals surface area contributed by atoms with Crippen LogP contribution in [-0.2, 0) is 20.9 Å². The maximum Gasteiger partial charge on any atom is 0.325 e. The fourth-order valence-electron chi connectivity index (χ4n) is 2.52. The van der Waals surface area contributed by atoms with Crippen LogP contribution in [0.4, 0.5) is 5.69 Å². The summed E-state index contributed by atoms with van der Waals surface area (Å²) < 4.78 is 8.05. The van der Waals surface area contributed by atoms with Gasteiger partial charge >= 0.3 is 5.97 Å². The van der Waals surface area contributed by atoms with E-state index in [-0.39, 0.29) is 12.2 Å². The molecule has 8 nitrogen and oxygen atoms in total. The molecule has 3 rings (SSSR count). The van der Waals surface area contributed by atoms with Crippen molar-refractivity contribution in [2.24, 2.45) is 4.99 Å². The van der Waals surface area contributed by atoms with Crippen molar-refractivity contribution in [2.45, 2.75) is 6.54 Å². The first-order valence-corrected chi connectivity index (χ1v) is 9.85. The number of hydrogen-bond acceptors (Lipinski definition) is 6. The molecular weight excluding hydrogens is 462 g/mol. The number of esters is 1. The average Bonchev–Trinajstić information content (AvgIpc) is 3.02. The van der Waals surface area contributed by atoms with Gasteiger partial charge in [-0.25, -0.2) is 0 Å². The van der Waals surface area contributed by atoms with Crippen LogP contribution in [0.15, 0.2) is 58.0 Å². The quantitative estimate of drug-likeness (QED) is 0.242. The number of thiazole rings is 1. The lowest BCUT2D eigenvalue weighted by molar-refractivity contribution is -0.384. The molecule has 0 bridgehead atoms. The van der Waals surface area contributed by atoms with Crippen LogP contribution in [0.3, 0.4) is 0 Å². The largest absolute Gasteiger partial charge is 0.468 e. The van der Waals surface area contributed by atoms with Crippen molar-refractivity contribution in [3.8, 4) is 0 Å². The molecule has 0 atom stereocenters. The van der Waals surface area contributed by atoms with Crippen LogP contribution in [0.25, 0.3) is 16.3 Å². The Hall–Kier alpha value is -3.11. The highest BCUT2D eigenvalue weighted by molar-refractivity contribution is 9.10. The van der Waals surface area contributed by atoms with Crippen LogP contribution in [0, 0.1) is 10.1 Å². The zero-order valence-electron chi connectivity index (χ0n) is 15.1. The van der Waals surface area contributed by atoms with Gasteiger partial charge in [0.25, 0.3) is 11.6 Å². The topological polar surface area (TPSA) is 104 Å². The van der Waals surface area contributed by atoms with Crippen molar-refractivity contribution < 1.29 is 19.2 Å². The van der Waals surface area contributed by atoms with Gasteiger partial charge in [-0.1, -0.05) is 39.4 Å². The van der Waals surface area contributed by atoms with E-state index in [9.17, 15) is 19.7 Å². The first kappa shape index (κ1) is 20.6. The number of fused-ring (bicyclic) bond motifs is 1. The third kappa shape index (κ3) is 5.04.